The topological polar surface area (TPSA) is 83.0 Å². The number of amides is 1. The average Bonchev–Trinajstić information content (AvgIpc) is 3.36. The van der Waals surface area contributed by atoms with Crippen LogP contribution >= 0.6 is 11.8 Å². The van der Waals surface area contributed by atoms with Gasteiger partial charge in [-0.3, -0.25) is 10.2 Å². The molecule has 1 aromatic heterocycles. The number of nitrogens with zero attached hydrogens (tertiary/aromatic N) is 4. The van der Waals surface area contributed by atoms with Gasteiger partial charge >= 0.3 is 0 Å². The monoisotopic (exact) mass is 483 g/mol. The van der Waals surface area contributed by atoms with Crippen LogP contribution in [0.1, 0.15) is 28.1 Å². The van der Waals surface area contributed by atoms with E-state index in [1.807, 2.05) is 63.2 Å². The molecule has 0 saturated carbocycles. The number of aliphatic imine (C=N–C) groups is 1. The van der Waals surface area contributed by atoms with Crippen LogP contribution < -0.4 is 4.74 Å². The Morgan fingerprint density at radius 3 is 2.49 bits per heavy atom. The molecule has 35 heavy (non-hydrogen) atoms. The Bertz CT molecular complexity index is 1460. The highest BCUT2D eigenvalue weighted by Crippen LogP contribution is 2.30. The van der Waals surface area contributed by atoms with Crippen molar-refractivity contribution in [3.63, 3.8) is 0 Å². The third-order valence-electron chi connectivity index (χ3n) is 6.07. The van der Waals surface area contributed by atoms with Gasteiger partial charge in [0.05, 0.1) is 5.57 Å². The molecule has 176 valence electrons. The molecule has 0 atom stereocenters. The predicted octanol–water partition coefficient (Wildman–Crippen LogP) is 5.41. The van der Waals surface area contributed by atoms with Gasteiger partial charge in [-0.25, -0.2) is 0 Å². The fourth-order valence-corrected chi connectivity index (χ4v) is 5.02. The maximum atomic E-state index is 12.9. The van der Waals surface area contributed by atoms with E-state index in [1.54, 1.807) is 6.08 Å². The molecule has 3 aromatic rings. The minimum Gasteiger partial charge on any atom is -0.486 e. The largest absolute Gasteiger partial charge is 0.486 e. The van der Waals surface area contributed by atoms with Crippen molar-refractivity contribution < 1.29 is 9.53 Å². The van der Waals surface area contributed by atoms with Crippen LogP contribution in [-0.4, -0.2) is 38.1 Å². The fourth-order valence-electron chi connectivity index (χ4n) is 4.22. The van der Waals surface area contributed by atoms with Gasteiger partial charge < -0.3 is 9.30 Å². The third-order valence-corrected chi connectivity index (χ3v) is 6.95. The summed E-state index contributed by atoms with van der Waals surface area (Å²) in [7, 11) is 0. The highest BCUT2D eigenvalue weighted by molar-refractivity contribution is 8.27. The number of thioether (sulfide) groups is 1. The summed E-state index contributed by atoms with van der Waals surface area (Å²) in [4.78, 5) is 17.1. The second kappa shape index (κ2) is 9.03. The van der Waals surface area contributed by atoms with Crippen LogP contribution in [0.5, 0.6) is 5.75 Å². The smallest absolute Gasteiger partial charge is 0.283 e. The van der Waals surface area contributed by atoms with Crippen molar-refractivity contribution in [3.8, 4) is 11.4 Å². The van der Waals surface area contributed by atoms with Gasteiger partial charge in [-0.1, -0.05) is 36.4 Å². The van der Waals surface area contributed by atoms with Crippen molar-refractivity contribution in [2.75, 3.05) is 6.61 Å². The molecule has 1 amide bonds. The van der Waals surface area contributed by atoms with E-state index in [-0.39, 0.29) is 18.0 Å². The molecule has 3 heterocycles. The molecule has 5 rings (SSSR count). The van der Waals surface area contributed by atoms with Gasteiger partial charge in [0.2, 0.25) is 5.17 Å². The van der Waals surface area contributed by atoms with E-state index in [1.165, 1.54) is 16.8 Å². The summed E-state index contributed by atoms with van der Waals surface area (Å²) in [5, 5.41) is 15.6. The summed E-state index contributed by atoms with van der Waals surface area (Å²) in [6.45, 7) is 8.35. The lowest BCUT2D eigenvalue weighted by Crippen LogP contribution is -2.35. The number of hydrogen-bond donors (Lipinski definition) is 1. The summed E-state index contributed by atoms with van der Waals surface area (Å²) in [5.41, 5.74) is 6.41. The first kappa shape index (κ1) is 22.9. The van der Waals surface area contributed by atoms with Gasteiger partial charge in [-0.05, 0) is 80.4 Å². The lowest BCUT2D eigenvalue weighted by Gasteiger charge is -2.20. The van der Waals surface area contributed by atoms with Crippen molar-refractivity contribution in [2.24, 2.45) is 10.1 Å². The quantitative estimate of drug-likeness (QED) is 0.492. The molecule has 0 radical (unpaired) electrons. The first-order valence-electron chi connectivity index (χ1n) is 11.3. The maximum Gasteiger partial charge on any atom is 0.283 e. The zero-order chi connectivity index (χ0) is 24.7. The molecule has 8 heteroatoms. The van der Waals surface area contributed by atoms with E-state index in [0.29, 0.717) is 10.2 Å². The van der Waals surface area contributed by atoms with Crippen LogP contribution in [0.15, 0.2) is 70.3 Å². The Morgan fingerprint density at radius 2 is 1.74 bits per heavy atom. The SMILES string of the molecule is Cc1ccccc1OCC1=NN2C(=N)C(=Cc3cc(C)n(-c4ccccc4C)c3C)C(=O)N=C2S1. The number of hydrazone groups is 1. The molecule has 0 unspecified atom stereocenters. The summed E-state index contributed by atoms with van der Waals surface area (Å²) >= 11 is 1.25. The second-order valence-corrected chi connectivity index (χ2v) is 9.56. The third kappa shape index (κ3) is 4.21. The van der Waals surface area contributed by atoms with Gasteiger partial charge in [0.15, 0.2) is 5.84 Å². The highest BCUT2D eigenvalue weighted by atomic mass is 32.2. The highest BCUT2D eigenvalue weighted by Gasteiger charge is 2.36. The molecule has 0 fully saturated rings. The number of carbonyl (C=O) groups excluding carboxylic acids is 1. The van der Waals surface area contributed by atoms with Crippen LogP contribution in [0.25, 0.3) is 11.8 Å². The van der Waals surface area contributed by atoms with Crippen molar-refractivity contribution in [1.29, 1.82) is 5.41 Å². The molecule has 2 aliphatic rings. The van der Waals surface area contributed by atoms with E-state index in [0.717, 1.165) is 39.5 Å². The van der Waals surface area contributed by atoms with E-state index >= 15 is 0 Å². The van der Waals surface area contributed by atoms with Gasteiger partial charge in [0.25, 0.3) is 5.91 Å². The van der Waals surface area contributed by atoms with E-state index in [4.69, 9.17) is 10.1 Å². The Morgan fingerprint density at radius 1 is 1.03 bits per heavy atom. The number of nitrogens with one attached hydrogen (secondary N) is 1. The minimum absolute atomic E-state index is 0.0130. The number of fused-ring (bicyclic) bond motifs is 1. The van der Waals surface area contributed by atoms with Crippen LogP contribution in [0.3, 0.4) is 0 Å². The zero-order valence-corrected chi connectivity index (χ0v) is 20.8. The molecular formula is C27H25N5O2S. The summed E-state index contributed by atoms with van der Waals surface area (Å²) in [6, 6.07) is 18.0. The molecule has 0 bridgehead atoms. The zero-order valence-electron chi connectivity index (χ0n) is 20.0. The Kier molecular flexibility index (Phi) is 5.90. The molecule has 2 aliphatic heterocycles. The Hall–Kier alpha value is -3.91. The molecule has 2 aromatic carbocycles. The average molecular weight is 484 g/mol. The predicted molar refractivity (Wildman–Crippen MR) is 142 cm³/mol. The number of benzene rings is 2. The number of carbonyl (C=O) groups is 1. The molecule has 0 saturated heterocycles. The number of ether oxygens (including phenoxy) is 1. The summed E-state index contributed by atoms with van der Waals surface area (Å²) in [5.74, 6) is 0.350. The van der Waals surface area contributed by atoms with Gasteiger partial charge in [0.1, 0.15) is 17.4 Å². The number of para-hydroxylation sites is 2. The lowest BCUT2D eigenvalue weighted by atomic mass is 10.1. The van der Waals surface area contributed by atoms with Crippen LogP contribution in [0, 0.1) is 33.1 Å². The maximum absolute atomic E-state index is 12.9. The standard InChI is InChI=1S/C27H25N5O2S/c1-16-9-5-7-11-22(16)31-18(3)13-20(19(31)4)14-21-25(28)32-27(29-26(21)33)35-24(30-32)15-34-23-12-8-6-10-17(23)2/h5-14,28H,15H2,1-4H3. The summed E-state index contributed by atoms with van der Waals surface area (Å²) in [6.07, 6.45) is 1.74. The lowest BCUT2D eigenvalue weighted by molar-refractivity contribution is -0.114. The van der Waals surface area contributed by atoms with E-state index in [2.05, 4.69) is 33.7 Å². The Balaban J connectivity index is 1.41. The molecule has 7 nitrogen and oxygen atoms in total. The van der Waals surface area contributed by atoms with Crippen LogP contribution in [-0.2, 0) is 4.79 Å². The number of aryl methyl sites for hydroxylation is 3. The van der Waals surface area contributed by atoms with Crippen LogP contribution in [0.2, 0.25) is 0 Å². The summed E-state index contributed by atoms with van der Waals surface area (Å²) < 4.78 is 8.05. The Labute approximate surface area is 208 Å². The molecule has 1 N–H and O–H groups in total. The molecule has 0 spiro atoms. The normalized spacial score (nSPS) is 16.5. The number of hydrogen-bond acceptors (Lipinski definition) is 5. The first-order chi connectivity index (χ1) is 16.8. The fraction of sp³-hybridized carbons (Fsp3) is 0.185. The minimum atomic E-state index is -0.439. The number of rotatable bonds is 5. The van der Waals surface area contributed by atoms with Crippen molar-refractivity contribution >= 4 is 39.8 Å². The van der Waals surface area contributed by atoms with Crippen molar-refractivity contribution in [2.45, 2.75) is 27.7 Å². The van der Waals surface area contributed by atoms with Gasteiger partial charge in [-0.2, -0.15) is 15.1 Å². The second-order valence-electron chi connectivity index (χ2n) is 8.52. The number of amidine groups is 2. The first-order valence-corrected chi connectivity index (χ1v) is 12.1. The van der Waals surface area contributed by atoms with Crippen molar-refractivity contribution in [1.82, 2.24) is 9.58 Å². The van der Waals surface area contributed by atoms with Gasteiger partial charge in [0, 0.05) is 17.1 Å². The van der Waals surface area contributed by atoms with E-state index in [9.17, 15) is 4.79 Å². The molecule has 0 aliphatic carbocycles. The molecular weight excluding hydrogens is 458 g/mol. The van der Waals surface area contributed by atoms with Crippen molar-refractivity contribution in [3.05, 3.63) is 88.2 Å². The number of aromatic nitrogens is 1. The van der Waals surface area contributed by atoms with Gasteiger partial charge in [-0.15, -0.1) is 0 Å². The van der Waals surface area contributed by atoms with Crippen LogP contribution in [0.4, 0.5) is 0 Å². The van der Waals surface area contributed by atoms with E-state index < -0.39 is 5.91 Å².